The van der Waals surface area contributed by atoms with E-state index in [4.69, 9.17) is 0 Å². The van der Waals surface area contributed by atoms with Crippen LogP contribution in [0.3, 0.4) is 0 Å². The van der Waals surface area contributed by atoms with Crippen molar-refractivity contribution in [3.8, 4) is 5.75 Å². The lowest BCUT2D eigenvalue weighted by Gasteiger charge is -2.23. The lowest BCUT2D eigenvalue weighted by atomic mass is 10.0. The van der Waals surface area contributed by atoms with Gasteiger partial charge in [-0.25, -0.2) is 4.79 Å². The van der Waals surface area contributed by atoms with Crippen LogP contribution in [0.5, 0.6) is 5.75 Å². The Morgan fingerprint density at radius 1 is 0.657 bits per heavy atom. The highest BCUT2D eigenvalue weighted by molar-refractivity contribution is 7.81. The topological polar surface area (TPSA) is 116 Å². The summed E-state index contributed by atoms with van der Waals surface area (Å²) in [6.07, 6.45) is 0.598. The first-order chi connectivity index (χ1) is 16.8. The van der Waals surface area contributed by atoms with E-state index in [1.165, 1.54) is 12.1 Å². The van der Waals surface area contributed by atoms with Gasteiger partial charge in [0.15, 0.2) is 0 Å². The molecule has 0 aliphatic rings. The largest absolute Gasteiger partial charge is 0.508 e. The maximum absolute atomic E-state index is 13.2. The predicted octanol–water partition coefficient (Wildman–Crippen LogP) is 2.77. The van der Waals surface area contributed by atoms with Crippen molar-refractivity contribution in [2.24, 2.45) is 0 Å². The molecule has 3 atom stereocenters. The zero-order valence-electron chi connectivity index (χ0n) is 19.0. The van der Waals surface area contributed by atoms with Crippen molar-refractivity contribution >= 4 is 30.4 Å². The van der Waals surface area contributed by atoms with Crippen molar-refractivity contribution in [1.82, 2.24) is 10.6 Å². The standard InChI is InChI=1S/C27H28N2O5S/c30-21-13-11-20(12-14-21)16-23(27(33)34)29-25(31)22(15-18-7-3-1-4-8-18)28-26(32)24(35)17-19-9-5-2-6-10-19/h1-14,22-24,30,35H,15-17H2,(H,28,32)(H,29,31)(H,33,34)/t22-,23-,24+/m1/s1. The van der Waals surface area contributed by atoms with Crippen LogP contribution in [0.1, 0.15) is 16.7 Å². The number of carbonyl (C=O) groups excluding carboxylic acids is 2. The average molecular weight is 493 g/mol. The Kier molecular flexibility index (Phi) is 9.31. The molecule has 0 aromatic heterocycles. The average Bonchev–Trinajstić information content (AvgIpc) is 2.85. The first kappa shape index (κ1) is 25.8. The molecule has 0 aliphatic carbocycles. The first-order valence-electron chi connectivity index (χ1n) is 11.2. The molecule has 0 fully saturated rings. The summed E-state index contributed by atoms with van der Waals surface area (Å²) < 4.78 is 0. The molecule has 3 rings (SSSR count). The van der Waals surface area contributed by atoms with Gasteiger partial charge in [-0.2, -0.15) is 12.6 Å². The van der Waals surface area contributed by atoms with Gasteiger partial charge in [-0.05, 0) is 35.2 Å². The summed E-state index contributed by atoms with van der Waals surface area (Å²) in [5, 5.41) is 23.7. The lowest BCUT2D eigenvalue weighted by molar-refractivity contribution is -0.142. The number of aliphatic carboxylic acids is 1. The highest BCUT2D eigenvalue weighted by Crippen LogP contribution is 2.13. The molecule has 0 unspecified atom stereocenters. The molecule has 3 aromatic rings. The number of amides is 2. The summed E-state index contributed by atoms with van der Waals surface area (Å²) in [6.45, 7) is 0. The molecule has 0 saturated heterocycles. The van der Waals surface area contributed by atoms with Gasteiger partial charge in [0, 0.05) is 12.8 Å². The smallest absolute Gasteiger partial charge is 0.326 e. The molecule has 0 bridgehead atoms. The molecule has 182 valence electrons. The van der Waals surface area contributed by atoms with Crippen LogP contribution >= 0.6 is 12.6 Å². The molecular formula is C27H28N2O5S. The number of phenols is 1. The second-order valence-corrected chi connectivity index (χ2v) is 8.85. The van der Waals surface area contributed by atoms with E-state index in [1.807, 2.05) is 60.7 Å². The zero-order valence-corrected chi connectivity index (χ0v) is 19.9. The number of nitrogens with one attached hydrogen (secondary N) is 2. The number of benzene rings is 3. The second-order valence-electron chi connectivity index (χ2n) is 8.23. The van der Waals surface area contributed by atoms with Crippen LogP contribution in [0.4, 0.5) is 0 Å². The number of carboxylic acid groups (broad SMARTS) is 1. The Morgan fingerprint density at radius 2 is 1.11 bits per heavy atom. The number of carbonyl (C=O) groups is 3. The van der Waals surface area contributed by atoms with Crippen LogP contribution in [0.15, 0.2) is 84.9 Å². The highest BCUT2D eigenvalue weighted by Gasteiger charge is 2.28. The van der Waals surface area contributed by atoms with E-state index < -0.39 is 35.1 Å². The van der Waals surface area contributed by atoms with Crippen molar-refractivity contribution in [3.63, 3.8) is 0 Å². The fourth-order valence-corrected chi connectivity index (χ4v) is 3.88. The van der Waals surface area contributed by atoms with Crippen molar-refractivity contribution < 1.29 is 24.6 Å². The minimum atomic E-state index is -1.21. The Labute approximate surface area is 209 Å². The molecule has 7 nitrogen and oxygen atoms in total. The number of carboxylic acids is 1. The minimum Gasteiger partial charge on any atom is -0.508 e. The van der Waals surface area contributed by atoms with E-state index in [9.17, 15) is 24.6 Å². The molecule has 3 aromatic carbocycles. The summed E-state index contributed by atoms with van der Waals surface area (Å²) in [6, 6.07) is 22.5. The van der Waals surface area contributed by atoms with Crippen molar-refractivity contribution in [2.75, 3.05) is 0 Å². The van der Waals surface area contributed by atoms with Gasteiger partial charge in [0.2, 0.25) is 11.8 Å². The number of thiol groups is 1. The van der Waals surface area contributed by atoms with Gasteiger partial charge in [-0.1, -0.05) is 72.8 Å². The monoisotopic (exact) mass is 492 g/mol. The van der Waals surface area contributed by atoms with Gasteiger partial charge < -0.3 is 20.8 Å². The third kappa shape index (κ3) is 8.19. The summed E-state index contributed by atoms with van der Waals surface area (Å²) in [4.78, 5) is 37.9. The summed E-state index contributed by atoms with van der Waals surface area (Å²) in [7, 11) is 0. The van der Waals surface area contributed by atoms with Crippen LogP contribution in [0, 0.1) is 0 Å². The maximum Gasteiger partial charge on any atom is 0.326 e. The van der Waals surface area contributed by atoms with Crippen molar-refractivity contribution in [2.45, 2.75) is 36.6 Å². The normalized spacial score (nSPS) is 13.3. The fraction of sp³-hybridized carbons (Fsp3) is 0.222. The number of phenolic OH excluding ortho intramolecular Hbond substituents is 1. The molecule has 0 saturated carbocycles. The fourth-order valence-electron chi connectivity index (χ4n) is 3.60. The predicted molar refractivity (Wildman–Crippen MR) is 136 cm³/mol. The van der Waals surface area contributed by atoms with E-state index in [-0.39, 0.29) is 18.6 Å². The van der Waals surface area contributed by atoms with Crippen molar-refractivity contribution in [3.05, 3.63) is 102 Å². The highest BCUT2D eigenvalue weighted by atomic mass is 32.1. The number of hydrogen-bond acceptors (Lipinski definition) is 5. The van der Waals surface area contributed by atoms with Gasteiger partial charge in [0.25, 0.3) is 0 Å². The Bertz CT molecular complexity index is 1120. The molecule has 8 heteroatoms. The minimum absolute atomic E-state index is 0.0244. The van der Waals surface area contributed by atoms with Crippen LogP contribution in [0.25, 0.3) is 0 Å². The van der Waals surface area contributed by atoms with Gasteiger partial charge >= 0.3 is 5.97 Å². The van der Waals surface area contributed by atoms with Gasteiger partial charge in [-0.15, -0.1) is 0 Å². The Hall–Kier alpha value is -3.78. The van der Waals surface area contributed by atoms with E-state index >= 15 is 0 Å². The molecule has 0 radical (unpaired) electrons. The van der Waals surface area contributed by atoms with Crippen LogP contribution in [-0.2, 0) is 33.6 Å². The molecule has 35 heavy (non-hydrogen) atoms. The number of aromatic hydroxyl groups is 1. The molecule has 4 N–H and O–H groups in total. The van der Waals surface area contributed by atoms with E-state index in [0.29, 0.717) is 12.0 Å². The zero-order chi connectivity index (χ0) is 25.2. The maximum atomic E-state index is 13.2. The quantitative estimate of drug-likeness (QED) is 0.264. The van der Waals surface area contributed by atoms with Gasteiger partial charge in [0.05, 0.1) is 5.25 Å². The van der Waals surface area contributed by atoms with Crippen LogP contribution < -0.4 is 10.6 Å². The third-order valence-corrected chi connectivity index (χ3v) is 5.90. The Balaban J connectivity index is 1.72. The molecule has 0 heterocycles. The second kappa shape index (κ2) is 12.6. The van der Waals surface area contributed by atoms with Gasteiger partial charge in [-0.3, -0.25) is 9.59 Å². The van der Waals surface area contributed by atoms with E-state index in [0.717, 1.165) is 11.1 Å². The molecule has 0 spiro atoms. The van der Waals surface area contributed by atoms with Crippen molar-refractivity contribution in [1.29, 1.82) is 0 Å². The third-order valence-electron chi connectivity index (χ3n) is 5.48. The van der Waals surface area contributed by atoms with E-state index in [1.54, 1.807) is 12.1 Å². The molecular weight excluding hydrogens is 464 g/mol. The van der Waals surface area contributed by atoms with E-state index in [2.05, 4.69) is 23.3 Å². The Morgan fingerprint density at radius 3 is 1.66 bits per heavy atom. The summed E-state index contributed by atoms with van der Waals surface area (Å²) in [5.74, 6) is -2.16. The molecule has 2 amide bonds. The summed E-state index contributed by atoms with van der Waals surface area (Å²) >= 11 is 4.42. The number of hydrogen-bond donors (Lipinski definition) is 5. The van der Waals surface area contributed by atoms with Crippen LogP contribution in [-0.4, -0.2) is 45.3 Å². The first-order valence-corrected chi connectivity index (χ1v) is 11.7. The van der Waals surface area contributed by atoms with Crippen LogP contribution in [0.2, 0.25) is 0 Å². The summed E-state index contributed by atoms with van der Waals surface area (Å²) in [5.41, 5.74) is 2.39. The van der Waals surface area contributed by atoms with Gasteiger partial charge in [0.1, 0.15) is 17.8 Å². The molecule has 0 aliphatic heterocycles. The number of rotatable bonds is 11. The lowest BCUT2D eigenvalue weighted by Crippen LogP contribution is -2.54. The SMILES string of the molecule is O=C(N[C@H](Cc1ccccc1)C(=O)N[C@H](Cc1ccc(O)cc1)C(=O)O)[C@@H](S)Cc1ccccc1.